The molecule has 0 saturated carbocycles. The lowest BCUT2D eigenvalue weighted by Gasteiger charge is -2.24. The van der Waals surface area contributed by atoms with E-state index >= 15 is 0 Å². The van der Waals surface area contributed by atoms with Crippen molar-refractivity contribution < 1.29 is 9.59 Å². The van der Waals surface area contributed by atoms with Crippen LogP contribution in [0.5, 0.6) is 0 Å². The lowest BCUT2D eigenvalue weighted by atomic mass is 9.91. The molecule has 1 aliphatic rings. The maximum Gasteiger partial charge on any atom is 0.255 e. The number of aromatic nitrogens is 1. The Morgan fingerprint density at radius 1 is 0.970 bits per heavy atom. The van der Waals surface area contributed by atoms with Crippen molar-refractivity contribution in [3.8, 4) is 11.1 Å². The van der Waals surface area contributed by atoms with Gasteiger partial charge < -0.3 is 14.8 Å². The number of hydrogen-bond acceptors (Lipinski definition) is 3. The number of H-pyrrole nitrogens is 1. The normalized spacial score (nSPS) is 16.5. The molecular formula is C27H29N3O3. The van der Waals surface area contributed by atoms with Crippen LogP contribution in [0.4, 0.5) is 0 Å². The molecule has 6 nitrogen and oxygen atoms in total. The van der Waals surface area contributed by atoms with Gasteiger partial charge in [-0.15, -0.1) is 0 Å². The van der Waals surface area contributed by atoms with Crippen molar-refractivity contribution in [2.24, 2.45) is 5.92 Å². The first-order valence-corrected chi connectivity index (χ1v) is 11.5. The molecule has 0 spiro atoms. The predicted molar refractivity (Wildman–Crippen MR) is 129 cm³/mol. The minimum absolute atomic E-state index is 0.0940. The molecule has 0 unspecified atom stereocenters. The average Bonchev–Trinajstić information content (AvgIpc) is 2.99. The van der Waals surface area contributed by atoms with E-state index in [2.05, 4.69) is 36.2 Å². The Labute approximate surface area is 193 Å². The predicted octanol–water partition coefficient (Wildman–Crippen LogP) is 3.60. The zero-order valence-electron chi connectivity index (χ0n) is 18.9. The largest absolute Gasteiger partial charge is 0.341 e. The number of carbonyl (C=O) groups excluding carboxylic acids is 2. The SMILES string of the molecule is CCCN1CCN(C(=O)c2ccc(=O)[nH]c2)C[C@H](Cc2ccccc2-c2ccccc2)C1=O. The van der Waals surface area contributed by atoms with Crippen molar-refractivity contribution in [1.29, 1.82) is 0 Å². The Morgan fingerprint density at radius 2 is 1.73 bits per heavy atom. The van der Waals surface area contributed by atoms with E-state index in [1.165, 1.54) is 18.3 Å². The van der Waals surface area contributed by atoms with Gasteiger partial charge in [-0.2, -0.15) is 0 Å². The number of hydrogen-bond donors (Lipinski definition) is 1. The van der Waals surface area contributed by atoms with Gasteiger partial charge in [0.05, 0.1) is 11.5 Å². The summed E-state index contributed by atoms with van der Waals surface area (Å²) in [4.78, 5) is 44.3. The van der Waals surface area contributed by atoms with Crippen LogP contribution in [0.25, 0.3) is 11.1 Å². The highest BCUT2D eigenvalue weighted by Gasteiger charge is 2.32. The summed E-state index contributed by atoms with van der Waals surface area (Å²) < 4.78 is 0. The van der Waals surface area contributed by atoms with Gasteiger partial charge >= 0.3 is 0 Å². The van der Waals surface area contributed by atoms with E-state index in [4.69, 9.17) is 0 Å². The second kappa shape index (κ2) is 10.3. The highest BCUT2D eigenvalue weighted by Crippen LogP contribution is 2.27. The molecule has 1 atom stereocenters. The first-order valence-electron chi connectivity index (χ1n) is 11.5. The van der Waals surface area contributed by atoms with Crippen LogP contribution in [0.1, 0.15) is 29.3 Å². The van der Waals surface area contributed by atoms with Crippen LogP contribution in [0.2, 0.25) is 0 Å². The van der Waals surface area contributed by atoms with Gasteiger partial charge in [-0.1, -0.05) is 61.5 Å². The fourth-order valence-electron chi connectivity index (χ4n) is 4.46. The standard InChI is InChI=1S/C27H29N3O3/c1-2-14-29-15-16-30(26(32)22-12-13-25(31)28-18-22)19-23(27(29)33)17-21-10-6-7-11-24(21)20-8-4-3-5-9-20/h3-13,18,23H,2,14-17,19H2,1H3,(H,28,31)/t23-/m0/s1. The number of aromatic amines is 1. The second-order valence-electron chi connectivity index (χ2n) is 8.44. The molecule has 1 aromatic heterocycles. The van der Waals surface area contributed by atoms with Gasteiger partial charge in [0, 0.05) is 38.4 Å². The highest BCUT2D eigenvalue weighted by atomic mass is 16.2. The number of benzene rings is 2. The lowest BCUT2D eigenvalue weighted by molar-refractivity contribution is -0.134. The molecule has 3 aromatic rings. The molecule has 1 fully saturated rings. The van der Waals surface area contributed by atoms with Crippen molar-refractivity contribution in [3.63, 3.8) is 0 Å². The molecule has 0 radical (unpaired) electrons. The Kier molecular flexibility index (Phi) is 7.03. The summed E-state index contributed by atoms with van der Waals surface area (Å²) in [5, 5.41) is 0. The Balaban J connectivity index is 1.63. The smallest absolute Gasteiger partial charge is 0.255 e. The third-order valence-electron chi connectivity index (χ3n) is 6.12. The zero-order chi connectivity index (χ0) is 23.2. The fourth-order valence-corrected chi connectivity index (χ4v) is 4.46. The van der Waals surface area contributed by atoms with Gasteiger partial charge in [0.25, 0.3) is 5.91 Å². The monoisotopic (exact) mass is 443 g/mol. The van der Waals surface area contributed by atoms with E-state index in [0.29, 0.717) is 38.2 Å². The summed E-state index contributed by atoms with van der Waals surface area (Å²) in [6, 6.07) is 21.2. The molecule has 1 N–H and O–H groups in total. The van der Waals surface area contributed by atoms with Crippen molar-refractivity contribution in [1.82, 2.24) is 14.8 Å². The molecule has 6 heteroatoms. The van der Waals surface area contributed by atoms with E-state index in [-0.39, 0.29) is 23.3 Å². The number of rotatable bonds is 6. The summed E-state index contributed by atoms with van der Waals surface area (Å²) >= 11 is 0. The third-order valence-corrected chi connectivity index (χ3v) is 6.12. The number of nitrogens with zero attached hydrogens (tertiary/aromatic N) is 2. The Morgan fingerprint density at radius 3 is 2.45 bits per heavy atom. The van der Waals surface area contributed by atoms with Crippen molar-refractivity contribution in [2.75, 3.05) is 26.2 Å². The Bertz CT molecular complexity index is 1150. The molecule has 33 heavy (non-hydrogen) atoms. The van der Waals surface area contributed by atoms with Crippen molar-refractivity contribution >= 4 is 11.8 Å². The van der Waals surface area contributed by atoms with Gasteiger partial charge in [-0.05, 0) is 35.6 Å². The zero-order valence-corrected chi connectivity index (χ0v) is 18.9. The minimum atomic E-state index is -0.337. The lowest BCUT2D eigenvalue weighted by Crippen LogP contribution is -2.38. The van der Waals surface area contributed by atoms with Gasteiger partial charge in [0.15, 0.2) is 0 Å². The van der Waals surface area contributed by atoms with Gasteiger partial charge in [0.1, 0.15) is 0 Å². The van der Waals surface area contributed by atoms with Crippen LogP contribution in [0, 0.1) is 5.92 Å². The number of pyridine rings is 1. The number of amides is 2. The maximum absolute atomic E-state index is 13.5. The van der Waals surface area contributed by atoms with Gasteiger partial charge in [0.2, 0.25) is 11.5 Å². The molecule has 2 amide bonds. The van der Waals surface area contributed by atoms with Crippen LogP contribution in [-0.2, 0) is 11.2 Å². The van der Waals surface area contributed by atoms with Crippen LogP contribution in [0.3, 0.4) is 0 Å². The van der Waals surface area contributed by atoms with E-state index in [9.17, 15) is 14.4 Å². The first kappa shape index (κ1) is 22.5. The molecule has 2 aromatic carbocycles. The van der Waals surface area contributed by atoms with E-state index in [1.54, 1.807) is 4.90 Å². The molecule has 1 saturated heterocycles. The quantitative estimate of drug-likeness (QED) is 0.633. The summed E-state index contributed by atoms with van der Waals surface area (Å²) in [5.41, 5.74) is 3.49. The maximum atomic E-state index is 13.5. The number of nitrogens with one attached hydrogen (secondary N) is 1. The molecule has 1 aliphatic heterocycles. The molecule has 2 heterocycles. The molecule has 4 rings (SSSR count). The van der Waals surface area contributed by atoms with Gasteiger partial charge in [-0.25, -0.2) is 0 Å². The van der Waals surface area contributed by atoms with Gasteiger partial charge in [-0.3, -0.25) is 14.4 Å². The van der Waals surface area contributed by atoms with Crippen LogP contribution in [-0.4, -0.2) is 52.8 Å². The van der Waals surface area contributed by atoms with Crippen LogP contribution >= 0.6 is 0 Å². The third kappa shape index (κ3) is 5.22. The fraction of sp³-hybridized carbons (Fsp3) is 0.296. The summed E-state index contributed by atoms with van der Waals surface area (Å²) in [5.74, 6) is -0.411. The van der Waals surface area contributed by atoms with E-state index in [1.807, 2.05) is 35.2 Å². The number of carbonyl (C=O) groups is 2. The Hall–Kier alpha value is -3.67. The van der Waals surface area contributed by atoms with Crippen LogP contribution < -0.4 is 5.56 Å². The van der Waals surface area contributed by atoms with E-state index < -0.39 is 0 Å². The minimum Gasteiger partial charge on any atom is -0.341 e. The molecule has 170 valence electrons. The highest BCUT2D eigenvalue weighted by molar-refractivity contribution is 5.94. The van der Waals surface area contributed by atoms with Crippen LogP contribution in [0.15, 0.2) is 77.7 Å². The molecular weight excluding hydrogens is 414 g/mol. The summed E-state index contributed by atoms with van der Waals surface area (Å²) in [7, 11) is 0. The molecule has 0 aliphatic carbocycles. The summed E-state index contributed by atoms with van der Waals surface area (Å²) in [6.45, 7) is 4.07. The first-order chi connectivity index (χ1) is 16.1. The van der Waals surface area contributed by atoms with Crippen molar-refractivity contribution in [2.45, 2.75) is 19.8 Å². The summed E-state index contributed by atoms with van der Waals surface area (Å²) in [6.07, 6.45) is 2.87. The average molecular weight is 444 g/mol. The van der Waals surface area contributed by atoms with Crippen molar-refractivity contribution in [3.05, 3.63) is 94.4 Å². The van der Waals surface area contributed by atoms with E-state index in [0.717, 1.165) is 23.1 Å². The second-order valence-corrected chi connectivity index (χ2v) is 8.44. The molecule has 0 bridgehead atoms. The topological polar surface area (TPSA) is 73.5 Å².